The van der Waals surface area contributed by atoms with Crippen molar-refractivity contribution >= 4 is 11.0 Å². The summed E-state index contributed by atoms with van der Waals surface area (Å²) in [6, 6.07) is 16.8. The SMILES string of the molecule is Cc1ccc(-c2cc(C(F)F)c3c(C)nn(-c4ccccc4)c3n2)cc1C. The molecule has 0 bridgehead atoms. The summed E-state index contributed by atoms with van der Waals surface area (Å²) >= 11 is 0. The predicted octanol–water partition coefficient (Wildman–Crippen LogP) is 5.95. The van der Waals surface area contributed by atoms with Gasteiger partial charge in [0.15, 0.2) is 5.65 Å². The zero-order chi connectivity index (χ0) is 19.1. The Bertz CT molecular complexity index is 1130. The van der Waals surface area contributed by atoms with Gasteiger partial charge in [0.2, 0.25) is 0 Å². The third-order valence-electron chi connectivity index (χ3n) is 4.88. The molecular weight excluding hydrogens is 344 g/mol. The average Bonchev–Trinajstić information content (AvgIpc) is 3.00. The largest absolute Gasteiger partial charge is 0.264 e. The zero-order valence-corrected chi connectivity index (χ0v) is 15.4. The first kappa shape index (κ1) is 17.3. The lowest BCUT2D eigenvalue weighted by molar-refractivity contribution is 0.153. The van der Waals surface area contributed by atoms with E-state index in [1.165, 1.54) is 6.07 Å². The number of hydrogen-bond acceptors (Lipinski definition) is 2. The van der Waals surface area contributed by atoms with Crippen LogP contribution in [0.15, 0.2) is 54.6 Å². The van der Waals surface area contributed by atoms with Crippen molar-refractivity contribution in [3.05, 3.63) is 77.0 Å². The van der Waals surface area contributed by atoms with Crippen molar-refractivity contribution in [3.8, 4) is 16.9 Å². The number of rotatable bonds is 3. The standard InChI is InChI=1S/C22H19F2N3/c1-13-9-10-16(11-14(13)2)19-12-18(21(23)24)20-15(3)26-27(22(20)25-19)17-7-5-4-6-8-17/h4-12,21H,1-3H3. The van der Waals surface area contributed by atoms with Crippen molar-refractivity contribution in [2.24, 2.45) is 0 Å². The molecule has 4 aromatic rings. The van der Waals surface area contributed by atoms with E-state index in [-0.39, 0.29) is 5.56 Å². The van der Waals surface area contributed by atoms with Crippen molar-refractivity contribution in [1.82, 2.24) is 14.8 Å². The van der Waals surface area contributed by atoms with Crippen molar-refractivity contribution in [2.75, 3.05) is 0 Å². The highest BCUT2D eigenvalue weighted by molar-refractivity contribution is 5.86. The van der Waals surface area contributed by atoms with Crippen molar-refractivity contribution in [3.63, 3.8) is 0 Å². The lowest BCUT2D eigenvalue weighted by atomic mass is 10.0. The second-order valence-electron chi connectivity index (χ2n) is 6.73. The maximum Gasteiger partial charge on any atom is 0.264 e. The Morgan fingerprint density at radius 1 is 0.889 bits per heavy atom. The number of nitrogens with zero attached hydrogens (tertiary/aromatic N) is 3. The molecule has 27 heavy (non-hydrogen) atoms. The molecule has 3 nitrogen and oxygen atoms in total. The number of hydrogen-bond donors (Lipinski definition) is 0. The minimum atomic E-state index is -2.60. The van der Waals surface area contributed by atoms with Crippen LogP contribution in [0.3, 0.4) is 0 Å². The Morgan fingerprint density at radius 2 is 1.63 bits per heavy atom. The number of fused-ring (bicyclic) bond motifs is 1. The van der Waals surface area contributed by atoms with E-state index in [9.17, 15) is 8.78 Å². The molecule has 0 atom stereocenters. The molecule has 0 aliphatic rings. The predicted molar refractivity (Wildman–Crippen MR) is 103 cm³/mol. The summed E-state index contributed by atoms with van der Waals surface area (Å²) < 4.78 is 29.4. The first-order valence-electron chi connectivity index (χ1n) is 8.77. The lowest BCUT2D eigenvalue weighted by Gasteiger charge is -2.10. The number of pyridine rings is 1. The normalized spacial score (nSPS) is 11.5. The number of halogens is 2. The van der Waals surface area contributed by atoms with E-state index in [1.54, 1.807) is 11.6 Å². The molecule has 0 radical (unpaired) electrons. The fourth-order valence-corrected chi connectivity index (χ4v) is 3.29. The van der Waals surface area contributed by atoms with Gasteiger partial charge in [-0.15, -0.1) is 0 Å². The number of alkyl halides is 2. The molecule has 2 aromatic carbocycles. The lowest BCUT2D eigenvalue weighted by Crippen LogP contribution is -1.99. The molecule has 2 heterocycles. The van der Waals surface area contributed by atoms with Gasteiger partial charge >= 0.3 is 0 Å². The Hall–Kier alpha value is -3.08. The molecule has 0 unspecified atom stereocenters. The van der Waals surface area contributed by atoms with Gasteiger partial charge in [0.05, 0.1) is 22.5 Å². The zero-order valence-electron chi connectivity index (χ0n) is 15.4. The Labute approximate surface area is 156 Å². The molecule has 0 amide bonds. The van der Waals surface area contributed by atoms with E-state index in [0.29, 0.717) is 22.4 Å². The van der Waals surface area contributed by atoms with E-state index in [2.05, 4.69) is 5.10 Å². The minimum Gasteiger partial charge on any atom is -0.228 e. The Morgan fingerprint density at radius 3 is 2.30 bits per heavy atom. The molecule has 2 aromatic heterocycles. The molecule has 0 N–H and O–H groups in total. The summed E-state index contributed by atoms with van der Waals surface area (Å²) in [7, 11) is 0. The van der Waals surface area contributed by atoms with E-state index >= 15 is 0 Å². The van der Waals surface area contributed by atoms with Gasteiger partial charge in [0.25, 0.3) is 6.43 Å². The molecule has 0 aliphatic heterocycles. The summed E-state index contributed by atoms with van der Waals surface area (Å²) in [6.45, 7) is 5.77. The molecular formula is C22H19F2N3. The van der Waals surface area contributed by atoms with Gasteiger partial charge in [-0.05, 0) is 56.2 Å². The van der Waals surface area contributed by atoms with Crippen molar-refractivity contribution in [1.29, 1.82) is 0 Å². The maximum absolute atomic E-state index is 13.9. The average molecular weight is 363 g/mol. The number of benzene rings is 2. The fraction of sp³-hybridized carbons (Fsp3) is 0.182. The topological polar surface area (TPSA) is 30.7 Å². The molecule has 0 aliphatic carbocycles. The molecule has 0 spiro atoms. The van der Waals surface area contributed by atoms with Crippen LogP contribution >= 0.6 is 0 Å². The van der Waals surface area contributed by atoms with E-state index in [4.69, 9.17) is 4.98 Å². The third-order valence-corrected chi connectivity index (χ3v) is 4.88. The van der Waals surface area contributed by atoms with Crippen LogP contribution in [0.2, 0.25) is 0 Å². The quantitative estimate of drug-likeness (QED) is 0.450. The summed E-state index contributed by atoms with van der Waals surface area (Å²) in [6.07, 6.45) is -2.60. The van der Waals surface area contributed by atoms with Crippen LogP contribution in [0.25, 0.3) is 28.0 Å². The molecule has 0 saturated heterocycles. The van der Waals surface area contributed by atoms with Gasteiger partial charge in [-0.25, -0.2) is 18.4 Å². The first-order valence-corrected chi connectivity index (χ1v) is 8.77. The second-order valence-corrected chi connectivity index (χ2v) is 6.73. The number of aryl methyl sites for hydroxylation is 3. The van der Waals surface area contributed by atoms with Crippen LogP contribution in [-0.4, -0.2) is 14.8 Å². The molecule has 5 heteroatoms. The molecule has 0 fully saturated rings. The van der Waals surface area contributed by atoms with Gasteiger partial charge in [-0.2, -0.15) is 5.10 Å². The summed E-state index contributed by atoms with van der Waals surface area (Å²) in [4.78, 5) is 4.72. The summed E-state index contributed by atoms with van der Waals surface area (Å²) in [5.41, 5.74) is 5.35. The van der Waals surface area contributed by atoms with E-state index in [1.807, 2.05) is 62.4 Å². The van der Waals surface area contributed by atoms with Crippen molar-refractivity contribution < 1.29 is 8.78 Å². The Kier molecular flexibility index (Phi) is 4.22. The van der Waals surface area contributed by atoms with Crippen LogP contribution in [0.5, 0.6) is 0 Å². The van der Waals surface area contributed by atoms with Crippen LogP contribution < -0.4 is 0 Å². The minimum absolute atomic E-state index is 0.0343. The van der Waals surface area contributed by atoms with Crippen LogP contribution in [0, 0.1) is 20.8 Å². The molecule has 136 valence electrons. The van der Waals surface area contributed by atoms with Crippen molar-refractivity contribution in [2.45, 2.75) is 27.2 Å². The Balaban J connectivity index is 2.03. The molecule has 4 rings (SSSR count). The van der Waals surface area contributed by atoms with E-state index in [0.717, 1.165) is 22.4 Å². The van der Waals surface area contributed by atoms with Crippen LogP contribution in [-0.2, 0) is 0 Å². The highest BCUT2D eigenvalue weighted by Crippen LogP contribution is 2.34. The van der Waals surface area contributed by atoms with Gasteiger partial charge in [0, 0.05) is 11.1 Å². The fourth-order valence-electron chi connectivity index (χ4n) is 3.29. The highest BCUT2D eigenvalue weighted by atomic mass is 19.3. The van der Waals surface area contributed by atoms with Gasteiger partial charge in [-0.3, -0.25) is 0 Å². The van der Waals surface area contributed by atoms with Gasteiger partial charge in [-0.1, -0.05) is 30.3 Å². The number of para-hydroxylation sites is 1. The third kappa shape index (κ3) is 2.99. The monoisotopic (exact) mass is 363 g/mol. The highest BCUT2D eigenvalue weighted by Gasteiger charge is 2.21. The second kappa shape index (κ2) is 6.58. The maximum atomic E-state index is 13.9. The van der Waals surface area contributed by atoms with Gasteiger partial charge < -0.3 is 0 Å². The summed E-state index contributed by atoms with van der Waals surface area (Å²) in [5.74, 6) is 0. The first-order chi connectivity index (χ1) is 13.0. The summed E-state index contributed by atoms with van der Waals surface area (Å²) in [5, 5.41) is 4.91. The smallest absolute Gasteiger partial charge is 0.228 e. The van der Waals surface area contributed by atoms with Crippen LogP contribution in [0.4, 0.5) is 8.78 Å². The number of aromatic nitrogens is 3. The van der Waals surface area contributed by atoms with E-state index < -0.39 is 6.43 Å². The van der Waals surface area contributed by atoms with Gasteiger partial charge in [0.1, 0.15) is 0 Å². The molecule has 0 saturated carbocycles. The van der Waals surface area contributed by atoms with Crippen LogP contribution in [0.1, 0.15) is 28.8 Å².